The van der Waals surface area contributed by atoms with E-state index in [1.807, 2.05) is 13.1 Å². The van der Waals surface area contributed by atoms with Crippen LogP contribution in [0.25, 0.3) is 28.1 Å². The number of halogens is 3. The molecule has 0 amide bonds. The van der Waals surface area contributed by atoms with Crippen LogP contribution in [0.15, 0.2) is 47.7 Å². The number of hydrogen-bond acceptors (Lipinski definition) is 6. The second kappa shape index (κ2) is 9.91. The Balaban J connectivity index is 0.000000192. The molecule has 1 aliphatic carbocycles. The molecule has 1 radical (unpaired) electrons. The van der Waals surface area contributed by atoms with E-state index in [4.69, 9.17) is 0 Å². The van der Waals surface area contributed by atoms with Crippen molar-refractivity contribution in [3.63, 3.8) is 0 Å². The van der Waals surface area contributed by atoms with Gasteiger partial charge in [0.25, 0.3) is 5.56 Å². The fourth-order valence-electron chi connectivity index (χ4n) is 5.40. The Morgan fingerprint density at radius 2 is 1.79 bits per heavy atom. The first-order chi connectivity index (χ1) is 17.8. The summed E-state index contributed by atoms with van der Waals surface area (Å²) >= 11 is 0. The van der Waals surface area contributed by atoms with Gasteiger partial charge in [-0.2, -0.15) is 13.2 Å². The smallest absolute Gasteiger partial charge is 0.413 e. The largest absolute Gasteiger partial charge is 0.429 e. The van der Waals surface area contributed by atoms with E-state index < -0.39 is 12.0 Å². The Morgan fingerprint density at radius 3 is 2.44 bits per heavy atom. The molecule has 1 aliphatic rings. The number of rotatable bonds is 1. The summed E-state index contributed by atoms with van der Waals surface area (Å²) in [6.45, 7) is 10.9. The van der Waals surface area contributed by atoms with Crippen molar-refractivity contribution < 1.29 is 33.3 Å². The molecule has 39 heavy (non-hydrogen) atoms. The third-order valence-electron chi connectivity index (χ3n) is 6.58. The molecule has 8 nitrogen and oxygen atoms in total. The molecule has 5 aromatic heterocycles. The summed E-state index contributed by atoms with van der Waals surface area (Å²) in [6.07, 6.45) is 1.60. The fourth-order valence-corrected chi connectivity index (χ4v) is 5.40. The Labute approximate surface area is 235 Å². The number of alkyl halides is 3. The van der Waals surface area contributed by atoms with E-state index in [2.05, 4.69) is 68.3 Å². The minimum atomic E-state index is -4.57. The molecule has 6 rings (SSSR count). The minimum absolute atomic E-state index is 0. The Hall–Kier alpha value is -3.50. The Morgan fingerprint density at radius 1 is 1.05 bits per heavy atom. The summed E-state index contributed by atoms with van der Waals surface area (Å²) in [5, 5.41) is 7.07. The van der Waals surface area contributed by atoms with Crippen molar-refractivity contribution in [3.05, 3.63) is 81.9 Å². The first-order valence-electron chi connectivity index (χ1n) is 11.9. The van der Waals surface area contributed by atoms with Gasteiger partial charge >= 0.3 is 6.18 Å². The number of hydrogen-bond donors (Lipinski definition) is 0. The molecule has 0 aliphatic heterocycles. The van der Waals surface area contributed by atoms with Gasteiger partial charge in [0.1, 0.15) is 5.82 Å². The quantitative estimate of drug-likeness (QED) is 0.182. The summed E-state index contributed by atoms with van der Waals surface area (Å²) in [6, 6.07) is 9.82. The summed E-state index contributed by atoms with van der Waals surface area (Å²) in [5.41, 5.74) is 4.81. The van der Waals surface area contributed by atoms with Gasteiger partial charge in [-0.15, -0.1) is 12.1 Å². The average molecular weight is 712 g/mol. The minimum Gasteiger partial charge on any atom is -0.413 e. The van der Waals surface area contributed by atoms with Crippen molar-refractivity contribution >= 4 is 16.6 Å². The Bertz CT molecular complexity index is 1730. The maximum Gasteiger partial charge on any atom is 0.429 e. The standard InChI is InChI=1S/C19H20N3O.C8H4F3N4.Ir/c1-11-9-22-15-13(18(2,3)10-19(15,4)5)14-12(7-6-8-20-14)16(22)21-17(11)23;9-8(10,11)7-13-6(14-15-7)5-3-1-2-4-12-5;/h6,8-9H,10H2,1-5H3;1-4H;/q2*-1;. The summed E-state index contributed by atoms with van der Waals surface area (Å²) in [4.78, 5) is 28.1. The van der Waals surface area contributed by atoms with Crippen LogP contribution in [0.2, 0.25) is 0 Å². The number of pyridine rings is 3. The second-order valence-corrected chi connectivity index (χ2v) is 10.6. The van der Waals surface area contributed by atoms with Crippen LogP contribution in [-0.4, -0.2) is 29.4 Å². The van der Waals surface area contributed by atoms with Gasteiger partial charge < -0.3 is 19.5 Å². The number of nitrogens with zero attached hydrogens (tertiary/aromatic N) is 7. The number of fused-ring (bicyclic) bond motifs is 6. The predicted molar refractivity (Wildman–Crippen MR) is 135 cm³/mol. The summed E-state index contributed by atoms with van der Waals surface area (Å²) in [7, 11) is 0. The molecule has 205 valence electrons. The Kier molecular flexibility index (Phi) is 7.24. The van der Waals surface area contributed by atoms with E-state index in [0.717, 1.165) is 17.3 Å². The second-order valence-electron chi connectivity index (χ2n) is 10.6. The molecule has 0 fully saturated rings. The molecular formula is C27H24F3IrN7O-2. The molecule has 0 spiro atoms. The van der Waals surface area contributed by atoms with Crippen LogP contribution in [0.1, 0.15) is 56.8 Å². The first-order valence-corrected chi connectivity index (χ1v) is 11.9. The monoisotopic (exact) mass is 712 g/mol. The van der Waals surface area contributed by atoms with Crippen LogP contribution in [0.3, 0.4) is 0 Å². The fraction of sp³-hybridized carbons (Fsp3) is 0.333. The average Bonchev–Trinajstić information content (AvgIpc) is 3.42. The SMILES string of the molecule is Cc1cn2c3c(c4ncc[c-]c4c2nc1=O)C(C)(C)CC3(C)C.FC(F)(F)c1n[n-]c(-c2ccccn2)n1.[Ir]. The van der Waals surface area contributed by atoms with Gasteiger partial charge in [-0.3, -0.25) is 14.9 Å². The van der Waals surface area contributed by atoms with E-state index in [0.29, 0.717) is 11.2 Å². The summed E-state index contributed by atoms with van der Waals surface area (Å²) < 4.78 is 38.5. The predicted octanol–water partition coefficient (Wildman–Crippen LogP) is 4.82. The van der Waals surface area contributed by atoms with E-state index >= 15 is 0 Å². The molecule has 0 bridgehead atoms. The third-order valence-corrected chi connectivity index (χ3v) is 6.58. The van der Waals surface area contributed by atoms with Crippen molar-refractivity contribution in [1.29, 1.82) is 0 Å². The van der Waals surface area contributed by atoms with Crippen molar-refractivity contribution in [2.24, 2.45) is 0 Å². The van der Waals surface area contributed by atoms with E-state index in [1.54, 1.807) is 24.4 Å². The third kappa shape index (κ3) is 5.10. The van der Waals surface area contributed by atoms with Gasteiger partial charge in [-0.1, -0.05) is 45.3 Å². The number of aryl methyl sites for hydroxylation is 1. The molecule has 0 saturated carbocycles. The molecule has 5 aromatic rings. The van der Waals surface area contributed by atoms with Crippen molar-refractivity contribution in [2.75, 3.05) is 0 Å². The number of aromatic nitrogens is 7. The van der Waals surface area contributed by atoms with E-state index in [1.165, 1.54) is 23.5 Å². The zero-order valence-electron chi connectivity index (χ0n) is 21.8. The van der Waals surface area contributed by atoms with E-state index in [9.17, 15) is 18.0 Å². The zero-order valence-corrected chi connectivity index (χ0v) is 24.1. The normalized spacial score (nSPS) is 15.4. The molecule has 5 heterocycles. The van der Waals surface area contributed by atoms with Gasteiger partial charge in [0, 0.05) is 49.2 Å². The van der Waals surface area contributed by atoms with Crippen LogP contribution in [0, 0.1) is 13.0 Å². The van der Waals surface area contributed by atoms with Gasteiger partial charge in [0.05, 0.1) is 11.3 Å². The topological polar surface area (TPSA) is 100 Å². The van der Waals surface area contributed by atoms with Crippen LogP contribution in [-0.2, 0) is 37.1 Å². The molecule has 0 aromatic carbocycles. The zero-order chi connectivity index (χ0) is 27.5. The first kappa shape index (κ1) is 28.5. The van der Waals surface area contributed by atoms with Crippen LogP contribution in [0.5, 0.6) is 0 Å². The van der Waals surface area contributed by atoms with Gasteiger partial charge in [0.15, 0.2) is 0 Å². The van der Waals surface area contributed by atoms with Crippen molar-refractivity contribution in [2.45, 2.75) is 58.0 Å². The maximum atomic E-state index is 12.1. The van der Waals surface area contributed by atoms with Crippen LogP contribution >= 0.6 is 0 Å². The van der Waals surface area contributed by atoms with Crippen LogP contribution < -0.4 is 10.7 Å². The van der Waals surface area contributed by atoms with Gasteiger partial charge in [-0.25, -0.2) is 4.98 Å². The van der Waals surface area contributed by atoms with Gasteiger partial charge in [0.2, 0.25) is 0 Å². The van der Waals surface area contributed by atoms with Gasteiger partial charge in [-0.05, 0) is 47.8 Å². The van der Waals surface area contributed by atoms with Crippen molar-refractivity contribution in [3.8, 4) is 11.5 Å². The molecule has 0 N–H and O–H groups in total. The maximum absolute atomic E-state index is 12.1. The van der Waals surface area contributed by atoms with Crippen molar-refractivity contribution in [1.82, 2.24) is 34.5 Å². The molecule has 0 atom stereocenters. The van der Waals surface area contributed by atoms with Crippen LogP contribution in [0.4, 0.5) is 13.2 Å². The van der Waals surface area contributed by atoms with E-state index in [-0.39, 0.29) is 48.0 Å². The molecule has 0 unspecified atom stereocenters. The summed E-state index contributed by atoms with van der Waals surface area (Å²) in [5.74, 6) is -1.37. The molecule has 12 heteroatoms. The molecule has 0 saturated heterocycles. The molecular weight excluding hydrogens is 688 g/mol.